The molecule has 3 rings (SSSR count). The van der Waals surface area contributed by atoms with Crippen LogP contribution in [0.2, 0.25) is 10.0 Å². The van der Waals surface area contributed by atoms with Crippen molar-refractivity contribution < 1.29 is 0 Å². The average molecular weight is 419 g/mol. The number of anilines is 2. The first-order valence-corrected chi connectivity index (χ1v) is 9.62. The van der Waals surface area contributed by atoms with Crippen LogP contribution in [0.4, 0.5) is 11.4 Å². The molecule has 7 heteroatoms. The van der Waals surface area contributed by atoms with E-state index in [-0.39, 0.29) is 0 Å². The quantitative estimate of drug-likeness (QED) is 0.511. The van der Waals surface area contributed by atoms with E-state index in [4.69, 9.17) is 35.4 Å². The van der Waals surface area contributed by atoms with Gasteiger partial charge >= 0.3 is 0 Å². The fourth-order valence-corrected chi connectivity index (χ4v) is 3.38. The van der Waals surface area contributed by atoms with E-state index in [1.54, 1.807) is 6.07 Å². The van der Waals surface area contributed by atoms with Crippen molar-refractivity contribution in [2.75, 3.05) is 10.6 Å². The van der Waals surface area contributed by atoms with Gasteiger partial charge in [-0.25, -0.2) is 0 Å². The first-order chi connectivity index (χ1) is 12.8. The highest BCUT2D eigenvalue weighted by Gasteiger charge is 2.13. The van der Waals surface area contributed by atoms with Gasteiger partial charge < -0.3 is 10.6 Å². The summed E-state index contributed by atoms with van der Waals surface area (Å²) in [4.78, 5) is 0. The molecule has 0 fully saturated rings. The van der Waals surface area contributed by atoms with Crippen molar-refractivity contribution in [3.63, 3.8) is 0 Å². The molecule has 3 aromatic rings. The van der Waals surface area contributed by atoms with Gasteiger partial charge in [0.2, 0.25) is 0 Å². The number of rotatable bonds is 4. The van der Waals surface area contributed by atoms with Crippen LogP contribution in [0.1, 0.15) is 22.5 Å². The largest absolute Gasteiger partial charge is 0.332 e. The maximum Gasteiger partial charge on any atom is 0.175 e. The van der Waals surface area contributed by atoms with Crippen molar-refractivity contribution in [2.45, 2.75) is 27.3 Å². The number of benzene rings is 2. The molecule has 4 nitrogen and oxygen atoms in total. The lowest BCUT2D eigenvalue weighted by Gasteiger charge is -2.12. The molecule has 0 bridgehead atoms. The van der Waals surface area contributed by atoms with Crippen molar-refractivity contribution in [3.8, 4) is 0 Å². The number of halogens is 2. The van der Waals surface area contributed by atoms with E-state index in [0.29, 0.717) is 21.7 Å². The predicted octanol–water partition coefficient (Wildman–Crippen LogP) is 5.97. The molecule has 140 valence electrons. The highest BCUT2D eigenvalue weighted by Crippen LogP contribution is 2.25. The number of nitrogens with zero attached hydrogens (tertiary/aromatic N) is 2. The molecular weight excluding hydrogens is 399 g/mol. The standard InChI is InChI=1S/C20H20Cl2N4S/c1-12-5-4-6-16(9-12)23-20(27)24-19-13(2)25-26(14(19)3)11-15-7-8-17(21)18(22)10-15/h4-10H,11H2,1-3H3,(H2,23,24,27). The Morgan fingerprint density at radius 2 is 1.81 bits per heavy atom. The summed E-state index contributed by atoms with van der Waals surface area (Å²) in [6, 6.07) is 13.7. The third kappa shape index (κ3) is 4.80. The van der Waals surface area contributed by atoms with E-state index < -0.39 is 0 Å². The Morgan fingerprint density at radius 1 is 1.04 bits per heavy atom. The molecule has 1 aromatic heterocycles. The van der Waals surface area contributed by atoms with Crippen LogP contribution < -0.4 is 10.6 Å². The molecule has 0 saturated heterocycles. The van der Waals surface area contributed by atoms with Crippen molar-refractivity contribution in [2.24, 2.45) is 0 Å². The second-order valence-corrected chi connectivity index (χ2v) is 7.62. The number of thiocarbonyl (C=S) groups is 1. The summed E-state index contributed by atoms with van der Waals surface area (Å²) in [6.45, 7) is 6.61. The maximum atomic E-state index is 6.11. The van der Waals surface area contributed by atoms with Crippen LogP contribution in [0.25, 0.3) is 0 Å². The van der Waals surface area contributed by atoms with Gasteiger partial charge in [-0.05, 0) is 68.4 Å². The SMILES string of the molecule is Cc1cccc(NC(=S)Nc2c(C)nn(Cc3ccc(Cl)c(Cl)c3)c2C)c1. The van der Waals surface area contributed by atoms with Crippen LogP contribution in [0.15, 0.2) is 42.5 Å². The fraction of sp³-hybridized carbons (Fsp3) is 0.200. The first kappa shape index (κ1) is 19.7. The van der Waals surface area contributed by atoms with Crippen molar-refractivity contribution >= 4 is 51.9 Å². The van der Waals surface area contributed by atoms with Crippen molar-refractivity contribution in [1.82, 2.24) is 9.78 Å². The number of aryl methyl sites for hydroxylation is 2. The van der Waals surface area contributed by atoms with Crippen LogP contribution >= 0.6 is 35.4 Å². The van der Waals surface area contributed by atoms with Crippen LogP contribution in [0.5, 0.6) is 0 Å². The van der Waals surface area contributed by atoms with Crippen LogP contribution in [0, 0.1) is 20.8 Å². The van der Waals surface area contributed by atoms with Crippen LogP contribution in [0.3, 0.4) is 0 Å². The average Bonchev–Trinajstić information content (AvgIpc) is 2.85. The van der Waals surface area contributed by atoms with Crippen LogP contribution in [-0.4, -0.2) is 14.9 Å². The Morgan fingerprint density at radius 3 is 2.52 bits per heavy atom. The summed E-state index contributed by atoms with van der Waals surface area (Å²) >= 11 is 17.6. The van der Waals surface area contributed by atoms with Gasteiger partial charge in [-0.3, -0.25) is 4.68 Å². The number of nitrogens with one attached hydrogen (secondary N) is 2. The lowest BCUT2D eigenvalue weighted by Crippen LogP contribution is -2.20. The summed E-state index contributed by atoms with van der Waals surface area (Å²) < 4.78 is 1.92. The third-order valence-electron chi connectivity index (χ3n) is 4.21. The molecule has 2 N–H and O–H groups in total. The van der Waals surface area contributed by atoms with Gasteiger partial charge in [-0.15, -0.1) is 0 Å². The molecule has 0 spiro atoms. The van der Waals surface area contributed by atoms with E-state index in [2.05, 4.69) is 15.7 Å². The van der Waals surface area contributed by atoms with E-state index in [9.17, 15) is 0 Å². The van der Waals surface area contributed by atoms with E-state index >= 15 is 0 Å². The minimum absolute atomic E-state index is 0.529. The number of hydrogen-bond acceptors (Lipinski definition) is 2. The zero-order valence-corrected chi connectivity index (χ0v) is 17.6. The zero-order chi connectivity index (χ0) is 19.6. The number of aromatic nitrogens is 2. The van der Waals surface area contributed by atoms with E-state index in [0.717, 1.165) is 28.3 Å². The Hall–Kier alpha value is -2.08. The van der Waals surface area contributed by atoms with E-state index in [1.165, 1.54) is 5.56 Å². The summed E-state index contributed by atoms with van der Waals surface area (Å²) in [5, 5.41) is 12.7. The molecule has 2 aromatic carbocycles. The molecule has 0 aliphatic rings. The Bertz CT molecular complexity index is 998. The van der Waals surface area contributed by atoms with Gasteiger partial charge in [0, 0.05) is 5.69 Å². The summed E-state index contributed by atoms with van der Waals surface area (Å²) in [7, 11) is 0. The highest BCUT2D eigenvalue weighted by atomic mass is 35.5. The van der Waals surface area contributed by atoms with Gasteiger partial charge in [-0.1, -0.05) is 41.4 Å². The van der Waals surface area contributed by atoms with Crippen molar-refractivity contribution in [1.29, 1.82) is 0 Å². The minimum atomic E-state index is 0.529. The van der Waals surface area contributed by atoms with Crippen LogP contribution in [-0.2, 0) is 6.54 Å². The smallest absolute Gasteiger partial charge is 0.175 e. The normalized spacial score (nSPS) is 10.7. The summed E-state index contributed by atoms with van der Waals surface area (Å²) in [6.07, 6.45) is 0. The van der Waals surface area contributed by atoms with Gasteiger partial charge in [-0.2, -0.15) is 5.10 Å². The number of hydrogen-bond donors (Lipinski definition) is 2. The molecule has 27 heavy (non-hydrogen) atoms. The summed E-state index contributed by atoms with van der Waals surface area (Å²) in [5.74, 6) is 0. The fourth-order valence-electron chi connectivity index (χ4n) is 2.84. The van der Waals surface area contributed by atoms with Gasteiger partial charge in [0.15, 0.2) is 5.11 Å². The zero-order valence-electron chi connectivity index (χ0n) is 15.3. The molecular formula is C20H20Cl2N4S. The maximum absolute atomic E-state index is 6.11. The molecule has 0 radical (unpaired) electrons. The third-order valence-corrected chi connectivity index (χ3v) is 5.16. The van der Waals surface area contributed by atoms with Gasteiger partial charge in [0.05, 0.1) is 33.7 Å². The Balaban J connectivity index is 1.75. The Kier molecular flexibility index (Phi) is 6.05. The lowest BCUT2D eigenvalue weighted by molar-refractivity contribution is 0.659. The highest BCUT2D eigenvalue weighted by molar-refractivity contribution is 7.80. The molecule has 0 unspecified atom stereocenters. The molecule has 0 amide bonds. The second kappa shape index (κ2) is 8.30. The molecule has 0 aliphatic carbocycles. The predicted molar refractivity (Wildman–Crippen MR) is 118 cm³/mol. The lowest BCUT2D eigenvalue weighted by atomic mass is 10.2. The molecule has 0 aliphatic heterocycles. The molecule has 1 heterocycles. The first-order valence-electron chi connectivity index (χ1n) is 8.46. The van der Waals surface area contributed by atoms with Gasteiger partial charge in [0.1, 0.15) is 0 Å². The molecule has 0 saturated carbocycles. The monoisotopic (exact) mass is 418 g/mol. The summed E-state index contributed by atoms with van der Waals surface area (Å²) in [5.41, 5.74) is 5.92. The minimum Gasteiger partial charge on any atom is -0.332 e. The Labute approximate surface area is 174 Å². The second-order valence-electron chi connectivity index (χ2n) is 6.40. The topological polar surface area (TPSA) is 41.9 Å². The van der Waals surface area contributed by atoms with E-state index in [1.807, 2.05) is 61.9 Å². The molecule has 0 atom stereocenters. The van der Waals surface area contributed by atoms with Gasteiger partial charge in [0.25, 0.3) is 0 Å². The van der Waals surface area contributed by atoms with Crippen molar-refractivity contribution in [3.05, 3.63) is 75.0 Å².